The maximum atomic E-state index is 12.8. The Balaban J connectivity index is 1.10. The third kappa shape index (κ3) is 3.68. The van der Waals surface area contributed by atoms with Crippen molar-refractivity contribution in [2.75, 3.05) is 6.61 Å². The fraction of sp³-hybridized carbons (Fsp3) is 0.310. The van der Waals surface area contributed by atoms with E-state index in [4.69, 9.17) is 27.9 Å². The van der Waals surface area contributed by atoms with Gasteiger partial charge in [-0.25, -0.2) is 9.59 Å². The minimum absolute atomic E-state index is 0.00874. The molecular weight excluding hydrogens is 497 g/mol. The van der Waals surface area contributed by atoms with Crippen LogP contribution >= 0.6 is 23.2 Å². The van der Waals surface area contributed by atoms with Crippen LogP contribution in [0.3, 0.4) is 0 Å². The molecule has 2 bridgehead atoms. The number of nitrogens with one attached hydrogen (secondary N) is 1. The minimum Gasteiger partial charge on any atom is -0.480 e. The first kappa shape index (κ1) is 23.4. The molecule has 1 atom stereocenters. The lowest BCUT2D eigenvalue weighted by Crippen LogP contribution is -2.72. The fourth-order valence-electron chi connectivity index (χ4n) is 6.89. The molecule has 7 heteroatoms. The van der Waals surface area contributed by atoms with Crippen LogP contribution in [0.2, 0.25) is 10.0 Å². The van der Waals surface area contributed by atoms with Crippen molar-refractivity contribution in [2.45, 2.75) is 37.6 Å². The van der Waals surface area contributed by atoms with Crippen molar-refractivity contribution < 1.29 is 19.4 Å². The van der Waals surface area contributed by atoms with E-state index < -0.39 is 23.5 Å². The summed E-state index contributed by atoms with van der Waals surface area (Å²) in [6.07, 6.45) is 2.15. The monoisotopic (exact) mass is 521 g/mol. The van der Waals surface area contributed by atoms with Gasteiger partial charge in [0.1, 0.15) is 12.6 Å². The standard InChI is InChI=1S/C29H25Cl2NO4/c30-23-10-5-11-24(31)21(23)12-28-14-29(15-28,16-28)25(26(33)34)32-27(35)36-13-22-19-8-3-1-6-17(19)18-7-2-4-9-20(18)22/h1-11,22,25H,12-16H2,(H,32,35)(H,33,34). The highest BCUT2D eigenvalue weighted by Crippen LogP contribution is 2.76. The maximum absolute atomic E-state index is 12.8. The summed E-state index contributed by atoms with van der Waals surface area (Å²) in [5, 5.41) is 13.9. The van der Waals surface area contributed by atoms with Gasteiger partial charge in [-0.2, -0.15) is 0 Å². The van der Waals surface area contributed by atoms with Crippen LogP contribution < -0.4 is 5.32 Å². The summed E-state index contributed by atoms with van der Waals surface area (Å²) in [4.78, 5) is 24.9. The number of rotatable bonds is 7. The van der Waals surface area contributed by atoms with Crippen LogP contribution in [0.25, 0.3) is 11.1 Å². The summed E-state index contributed by atoms with van der Waals surface area (Å²) in [6.45, 7) is 0.147. The number of ether oxygens (including phenoxy) is 1. The highest BCUT2D eigenvalue weighted by Gasteiger charge is 2.71. The molecular formula is C29H25Cl2NO4. The highest BCUT2D eigenvalue weighted by atomic mass is 35.5. The van der Waals surface area contributed by atoms with E-state index in [1.165, 1.54) is 0 Å². The van der Waals surface area contributed by atoms with Gasteiger partial charge in [0.2, 0.25) is 0 Å². The quantitative estimate of drug-likeness (QED) is 0.362. The van der Waals surface area contributed by atoms with Gasteiger partial charge >= 0.3 is 12.1 Å². The number of fused-ring (bicyclic) bond motifs is 3. The number of amides is 1. The van der Waals surface area contributed by atoms with Crippen LogP contribution in [0.15, 0.2) is 66.7 Å². The number of carboxylic acids is 1. The number of hydrogen-bond donors (Lipinski definition) is 2. The zero-order chi connectivity index (χ0) is 25.1. The van der Waals surface area contributed by atoms with Gasteiger partial charge in [-0.15, -0.1) is 0 Å². The number of aliphatic carboxylic acids is 1. The van der Waals surface area contributed by atoms with Crippen LogP contribution in [0.5, 0.6) is 0 Å². The summed E-state index contributed by atoms with van der Waals surface area (Å²) in [5.41, 5.74) is 4.95. The van der Waals surface area contributed by atoms with Crippen LogP contribution in [0.4, 0.5) is 4.79 Å². The Morgan fingerprint density at radius 3 is 2.03 bits per heavy atom. The van der Waals surface area contributed by atoms with Crippen molar-refractivity contribution >= 4 is 35.3 Å². The van der Waals surface area contributed by atoms with Gasteiger partial charge < -0.3 is 15.2 Å². The lowest BCUT2D eigenvalue weighted by atomic mass is 9.32. The van der Waals surface area contributed by atoms with Gasteiger partial charge in [0.15, 0.2) is 0 Å². The molecule has 0 aromatic heterocycles. The third-order valence-corrected chi connectivity index (χ3v) is 8.97. The third-order valence-electron chi connectivity index (χ3n) is 8.26. The molecule has 3 saturated carbocycles. The second kappa shape index (κ2) is 8.53. The smallest absolute Gasteiger partial charge is 0.407 e. The van der Waals surface area contributed by atoms with Crippen LogP contribution in [-0.4, -0.2) is 29.8 Å². The summed E-state index contributed by atoms with van der Waals surface area (Å²) in [7, 11) is 0. The van der Waals surface area contributed by atoms with Crippen molar-refractivity contribution in [3.8, 4) is 11.1 Å². The molecule has 3 aromatic carbocycles. The number of carbonyl (C=O) groups excluding carboxylic acids is 1. The SMILES string of the molecule is O=C(NC(C(=O)O)C12CC(Cc3c(Cl)cccc3Cl)(C1)C2)OCC1c2ccccc2-c2ccccc21. The van der Waals surface area contributed by atoms with E-state index in [1.54, 1.807) is 0 Å². The maximum Gasteiger partial charge on any atom is 0.407 e. The van der Waals surface area contributed by atoms with Gasteiger partial charge in [0.05, 0.1) is 0 Å². The van der Waals surface area contributed by atoms with Crippen LogP contribution in [0.1, 0.15) is 41.9 Å². The average Bonchev–Trinajstić information content (AvgIpc) is 3.13. The van der Waals surface area contributed by atoms with Gasteiger partial charge in [-0.3, -0.25) is 0 Å². The molecule has 4 aliphatic rings. The van der Waals surface area contributed by atoms with E-state index in [-0.39, 0.29) is 17.9 Å². The van der Waals surface area contributed by atoms with Gasteiger partial charge in [0, 0.05) is 21.4 Å². The molecule has 0 spiro atoms. The highest BCUT2D eigenvalue weighted by molar-refractivity contribution is 6.36. The molecule has 5 nitrogen and oxygen atoms in total. The molecule has 3 fully saturated rings. The van der Waals surface area contributed by atoms with Crippen molar-refractivity contribution in [1.29, 1.82) is 0 Å². The summed E-state index contributed by atoms with van der Waals surface area (Å²) in [5.74, 6) is -1.11. The van der Waals surface area contributed by atoms with E-state index in [0.717, 1.165) is 27.8 Å². The molecule has 0 radical (unpaired) electrons. The molecule has 36 heavy (non-hydrogen) atoms. The van der Waals surface area contributed by atoms with Gasteiger partial charge in [0.25, 0.3) is 0 Å². The number of halogens is 2. The molecule has 0 aliphatic heterocycles. The Morgan fingerprint density at radius 1 is 0.917 bits per heavy atom. The molecule has 0 saturated heterocycles. The number of carbonyl (C=O) groups is 2. The largest absolute Gasteiger partial charge is 0.480 e. The first-order valence-corrected chi connectivity index (χ1v) is 12.8. The Labute approximate surface area is 219 Å². The van der Waals surface area contributed by atoms with E-state index in [0.29, 0.717) is 35.7 Å². The average molecular weight is 522 g/mol. The Hall–Kier alpha value is -3.02. The molecule has 0 heterocycles. The zero-order valence-corrected chi connectivity index (χ0v) is 21.0. The molecule has 3 aromatic rings. The van der Waals surface area contributed by atoms with E-state index in [1.807, 2.05) is 54.6 Å². The lowest BCUT2D eigenvalue weighted by Gasteiger charge is -2.72. The van der Waals surface area contributed by atoms with Gasteiger partial charge in [-0.1, -0.05) is 77.8 Å². The lowest BCUT2D eigenvalue weighted by molar-refractivity contribution is -0.223. The first-order valence-electron chi connectivity index (χ1n) is 12.1. The number of hydrogen-bond acceptors (Lipinski definition) is 3. The van der Waals surface area contributed by atoms with E-state index in [2.05, 4.69) is 17.4 Å². The first-order chi connectivity index (χ1) is 17.3. The van der Waals surface area contributed by atoms with Crippen LogP contribution in [-0.2, 0) is 16.0 Å². The van der Waals surface area contributed by atoms with Crippen molar-refractivity contribution in [1.82, 2.24) is 5.32 Å². The number of alkyl carbamates (subject to hydrolysis) is 1. The van der Waals surface area contributed by atoms with Crippen molar-refractivity contribution in [3.05, 3.63) is 93.5 Å². The Bertz CT molecular complexity index is 1300. The molecule has 4 aliphatic carbocycles. The van der Waals surface area contributed by atoms with E-state index >= 15 is 0 Å². The van der Waals surface area contributed by atoms with Crippen LogP contribution in [0, 0.1) is 10.8 Å². The molecule has 2 N–H and O–H groups in total. The predicted molar refractivity (Wildman–Crippen MR) is 139 cm³/mol. The summed E-state index contributed by atoms with van der Waals surface area (Å²) in [6, 6.07) is 20.7. The Kier molecular flexibility index (Phi) is 5.54. The number of carboxylic acid groups (broad SMARTS) is 1. The normalized spacial score (nSPS) is 24.1. The zero-order valence-electron chi connectivity index (χ0n) is 19.5. The topological polar surface area (TPSA) is 75.6 Å². The summed E-state index contributed by atoms with van der Waals surface area (Å²) < 4.78 is 5.61. The number of benzene rings is 3. The molecule has 1 amide bonds. The second-order valence-electron chi connectivity index (χ2n) is 10.5. The molecule has 184 valence electrons. The predicted octanol–water partition coefficient (Wildman–Crippen LogP) is 6.70. The van der Waals surface area contributed by atoms with Gasteiger partial charge in [-0.05, 0) is 71.0 Å². The molecule has 1 unspecified atom stereocenters. The summed E-state index contributed by atoms with van der Waals surface area (Å²) >= 11 is 12.7. The second-order valence-corrected chi connectivity index (χ2v) is 11.3. The minimum atomic E-state index is -1.03. The van der Waals surface area contributed by atoms with E-state index in [9.17, 15) is 14.7 Å². The Morgan fingerprint density at radius 2 is 1.47 bits per heavy atom. The molecule has 7 rings (SSSR count). The fourth-order valence-corrected chi connectivity index (χ4v) is 7.42. The van der Waals surface area contributed by atoms with Crippen molar-refractivity contribution in [3.63, 3.8) is 0 Å². The van der Waals surface area contributed by atoms with Crippen molar-refractivity contribution in [2.24, 2.45) is 10.8 Å².